The number of rotatable bonds is 13. The fourth-order valence-corrected chi connectivity index (χ4v) is 14.3. The molecule has 0 saturated heterocycles. The van der Waals surface area contributed by atoms with Gasteiger partial charge in [0.1, 0.15) is 5.78 Å². The van der Waals surface area contributed by atoms with E-state index in [2.05, 4.69) is 46.8 Å². The first-order valence-electron chi connectivity index (χ1n) is 16.1. The van der Waals surface area contributed by atoms with Crippen LogP contribution >= 0.6 is 10.3 Å². The van der Waals surface area contributed by atoms with Crippen LogP contribution in [0.25, 0.3) is 0 Å². The van der Waals surface area contributed by atoms with Gasteiger partial charge < -0.3 is 0 Å². The number of hydrogen-bond donors (Lipinski definition) is 0. The van der Waals surface area contributed by atoms with Crippen molar-refractivity contribution in [3.8, 4) is 0 Å². The van der Waals surface area contributed by atoms with Crippen molar-refractivity contribution in [2.75, 3.05) is 5.75 Å². The third kappa shape index (κ3) is 5.64. The summed E-state index contributed by atoms with van der Waals surface area (Å²) in [4.78, 5) is 16.2. The largest absolute Gasteiger partial charge is 0.299 e. The van der Waals surface area contributed by atoms with Crippen LogP contribution < -0.4 is 0 Å². The Hall–Kier alpha value is -2.41. The highest BCUT2D eigenvalue weighted by Gasteiger charge is 2.66. The van der Waals surface area contributed by atoms with Crippen LogP contribution in [0.1, 0.15) is 89.8 Å². The molecule has 4 nitrogen and oxygen atoms in total. The summed E-state index contributed by atoms with van der Waals surface area (Å²) >= 11 is 0. The summed E-state index contributed by atoms with van der Waals surface area (Å²) in [7, 11) is -6.93. The van der Waals surface area contributed by atoms with Crippen molar-refractivity contribution in [3.05, 3.63) is 89.5 Å². The monoisotopic (exact) mass is 620 g/mol. The molecule has 2 atom stereocenters. The number of aryl methyl sites for hydroxylation is 3. The molecule has 3 aromatic rings. The van der Waals surface area contributed by atoms with Gasteiger partial charge in [-0.2, -0.15) is 8.42 Å². The second kappa shape index (κ2) is 12.5. The van der Waals surface area contributed by atoms with E-state index in [4.69, 9.17) is 3.63 Å². The van der Waals surface area contributed by atoms with Crippen LogP contribution in [-0.2, 0) is 37.8 Å². The molecule has 232 valence electrons. The third-order valence-corrected chi connectivity index (χ3v) is 15.5. The molecule has 2 saturated carbocycles. The molecule has 0 aliphatic heterocycles. The molecule has 5 rings (SSSR count). The Kier molecular flexibility index (Phi) is 9.33. The predicted molar refractivity (Wildman–Crippen MR) is 177 cm³/mol. The van der Waals surface area contributed by atoms with E-state index in [-0.39, 0.29) is 22.9 Å². The van der Waals surface area contributed by atoms with E-state index >= 15 is 0 Å². The van der Waals surface area contributed by atoms with Crippen LogP contribution in [0.15, 0.2) is 87.5 Å². The summed E-state index contributed by atoms with van der Waals surface area (Å²) in [5, 5.41) is 0. The van der Waals surface area contributed by atoms with Crippen LogP contribution in [0.3, 0.4) is 0 Å². The zero-order valence-electron chi connectivity index (χ0n) is 26.5. The quantitative estimate of drug-likeness (QED) is 0.191. The molecular formula is C37H48O4S2. The second-order valence-corrected chi connectivity index (χ2v) is 17.5. The Balaban J connectivity index is 1.80. The molecule has 0 N–H and O–H groups in total. The van der Waals surface area contributed by atoms with Crippen molar-refractivity contribution < 1.29 is 16.8 Å². The third-order valence-electron chi connectivity index (χ3n) is 10.1. The lowest BCUT2D eigenvalue weighted by Crippen LogP contribution is -2.42. The van der Waals surface area contributed by atoms with Crippen LogP contribution in [-0.4, -0.2) is 20.0 Å². The Morgan fingerprint density at radius 2 is 1.30 bits per heavy atom. The SMILES string of the molecule is CCCc1cc(CCC)c(S(OS(=O)(=O)CC23CCC(CC2=O)C3(C)C)(c2ccccc2)c2ccccc2)c(CCC)c1. The fourth-order valence-electron chi connectivity index (χ4n) is 7.84. The average molecular weight is 621 g/mol. The average Bonchev–Trinajstić information content (AvgIpc) is 3.32. The second-order valence-electron chi connectivity index (χ2n) is 13.1. The predicted octanol–water partition coefficient (Wildman–Crippen LogP) is 9.48. The van der Waals surface area contributed by atoms with Crippen LogP contribution in [0.5, 0.6) is 0 Å². The molecular weight excluding hydrogens is 573 g/mol. The minimum Gasteiger partial charge on any atom is -0.299 e. The smallest absolute Gasteiger partial charge is 0.278 e. The molecule has 0 amide bonds. The van der Waals surface area contributed by atoms with E-state index < -0.39 is 25.8 Å². The minimum absolute atomic E-state index is 0.0863. The first-order valence-corrected chi connectivity index (χ1v) is 19.2. The molecule has 2 unspecified atom stereocenters. The molecule has 2 fully saturated rings. The van der Waals surface area contributed by atoms with Crippen molar-refractivity contribution in [1.29, 1.82) is 0 Å². The Bertz CT molecular complexity index is 1480. The molecule has 2 bridgehead atoms. The van der Waals surface area contributed by atoms with Crippen molar-refractivity contribution in [3.63, 3.8) is 0 Å². The first-order chi connectivity index (χ1) is 20.5. The maximum absolute atomic E-state index is 14.7. The topological polar surface area (TPSA) is 60.4 Å². The van der Waals surface area contributed by atoms with Gasteiger partial charge in [0.05, 0.1) is 11.2 Å². The van der Waals surface area contributed by atoms with E-state index in [1.165, 1.54) is 16.7 Å². The number of Topliss-reactive ketones (excluding diaryl/α,β-unsaturated/α-hetero) is 1. The van der Waals surface area contributed by atoms with Crippen molar-refractivity contribution in [2.24, 2.45) is 16.7 Å². The maximum atomic E-state index is 14.7. The molecule has 43 heavy (non-hydrogen) atoms. The lowest BCUT2D eigenvalue weighted by molar-refractivity contribution is -0.128. The summed E-state index contributed by atoms with van der Waals surface area (Å²) in [5.74, 6) is 0.0499. The van der Waals surface area contributed by atoms with Crippen LogP contribution in [0, 0.1) is 16.7 Å². The zero-order valence-corrected chi connectivity index (χ0v) is 28.2. The van der Waals surface area contributed by atoms with Crippen molar-refractivity contribution >= 4 is 26.2 Å². The Morgan fingerprint density at radius 3 is 1.72 bits per heavy atom. The molecule has 0 aromatic heterocycles. The molecule has 3 aromatic carbocycles. The zero-order chi connectivity index (χ0) is 30.9. The van der Waals surface area contributed by atoms with Gasteiger partial charge in [-0.3, -0.25) is 4.79 Å². The minimum atomic E-state index is -4.18. The lowest BCUT2D eigenvalue weighted by Gasteiger charge is -2.43. The molecule has 2 aliphatic carbocycles. The van der Waals surface area contributed by atoms with Gasteiger partial charge in [0.15, 0.2) is 0 Å². The number of ketones is 1. The van der Waals surface area contributed by atoms with E-state index in [1.807, 2.05) is 60.7 Å². The maximum Gasteiger partial charge on any atom is 0.278 e. The summed E-state index contributed by atoms with van der Waals surface area (Å²) in [6, 6.07) is 24.5. The first kappa shape index (κ1) is 32.0. The van der Waals surface area contributed by atoms with Crippen LogP contribution in [0.2, 0.25) is 0 Å². The molecule has 0 heterocycles. The van der Waals surface area contributed by atoms with Gasteiger partial charge in [-0.1, -0.05) is 102 Å². The Morgan fingerprint density at radius 1 is 0.791 bits per heavy atom. The van der Waals surface area contributed by atoms with Gasteiger partial charge in [-0.05, 0) is 94.7 Å². The van der Waals surface area contributed by atoms with Crippen molar-refractivity contribution in [1.82, 2.24) is 0 Å². The van der Waals surface area contributed by atoms with Crippen molar-refractivity contribution in [2.45, 2.75) is 107 Å². The van der Waals surface area contributed by atoms with Crippen LogP contribution in [0.4, 0.5) is 0 Å². The van der Waals surface area contributed by atoms with E-state index in [0.717, 1.165) is 59.6 Å². The van der Waals surface area contributed by atoms with E-state index in [1.54, 1.807) is 0 Å². The number of benzene rings is 3. The standard InChI is InChI=1S/C37H48O4S2/c1-6-15-28-24-29(16-7-2)35(30(25-28)17-8-3)43(32-18-11-9-12-19-32,33-20-13-10-14-21-33)41-42(39,40)27-37-23-22-31(26-34(37)38)36(37,4)5/h9-14,18-21,24-25,31H,6-8,15-17,22-23,26-27H2,1-5H3. The van der Waals surface area contributed by atoms with Gasteiger partial charge in [0, 0.05) is 21.1 Å². The summed E-state index contributed by atoms with van der Waals surface area (Å²) in [6.45, 7) is 10.7. The summed E-state index contributed by atoms with van der Waals surface area (Å²) in [5.41, 5.74) is 2.36. The van der Waals surface area contributed by atoms with Gasteiger partial charge in [0.25, 0.3) is 10.1 Å². The summed E-state index contributed by atoms with van der Waals surface area (Å²) in [6.07, 6.45) is 7.54. The lowest BCUT2D eigenvalue weighted by atomic mass is 9.70. The number of carbonyl (C=O) groups is 1. The number of fused-ring (bicyclic) bond motifs is 2. The number of carbonyl (C=O) groups excluding carboxylic acids is 1. The molecule has 6 heteroatoms. The normalized spacial score (nSPS) is 21.8. The van der Waals surface area contributed by atoms with Gasteiger partial charge in [-0.25, -0.2) is 3.63 Å². The molecule has 2 aliphatic rings. The highest BCUT2D eigenvalue weighted by atomic mass is 32.3. The highest BCUT2D eigenvalue weighted by molar-refractivity contribution is 8.33. The van der Waals surface area contributed by atoms with E-state index in [9.17, 15) is 13.2 Å². The summed E-state index contributed by atoms with van der Waals surface area (Å²) < 4.78 is 36.3. The van der Waals surface area contributed by atoms with Gasteiger partial charge in [-0.15, -0.1) is 0 Å². The molecule has 0 spiro atoms. The van der Waals surface area contributed by atoms with Gasteiger partial charge in [0.2, 0.25) is 0 Å². The highest BCUT2D eigenvalue weighted by Crippen LogP contribution is 2.73. The molecule has 0 radical (unpaired) electrons. The van der Waals surface area contributed by atoms with E-state index in [0.29, 0.717) is 12.8 Å². The Labute approximate surface area is 261 Å². The fraction of sp³-hybridized carbons (Fsp3) is 0.486. The van der Waals surface area contributed by atoms with Gasteiger partial charge >= 0.3 is 0 Å². The number of hydrogen-bond acceptors (Lipinski definition) is 4.